The molecule has 0 spiro atoms. The van der Waals surface area contributed by atoms with Crippen LogP contribution in [0.5, 0.6) is 0 Å². The molecule has 0 bridgehead atoms. The SMILES string of the molecule is CCCCCC(C)C1=NCC[N+]1(C)C. The second-order valence-electron chi connectivity index (χ2n) is 5.05. The molecular formula is C12H25N2+. The lowest BCUT2D eigenvalue weighted by atomic mass is 10.0. The third-order valence-electron chi connectivity index (χ3n) is 3.23. The molecule has 1 aliphatic rings. The van der Waals surface area contributed by atoms with E-state index in [9.17, 15) is 0 Å². The monoisotopic (exact) mass is 197 g/mol. The summed E-state index contributed by atoms with van der Waals surface area (Å²) in [5.74, 6) is 2.10. The van der Waals surface area contributed by atoms with Crippen LogP contribution in [0.2, 0.25) is 0 Å². The zero-order chi connectivity index (χ0) is 10.6. The summed E-state index contributed by atoms with van der Waals surface area (Å²) in [7, 11) is 4.56. The lowest BCUT2D eigenvalue weighted by Gasteiger charge is -2.27. The highest BCUT2D eigenvalue weighted by Crippen LogP contribution is 2.20. The fourth-order valence-corrected chi connectivity index (χ4v) is 2.30. The molecule has 0 radical (unpaired) electrons. The van der Waals surface area contributed by atoms with E-state index in [-0.39, 0.29) is 0 Å². The van der Waals surface area contributed by atoms with Gasteiger partial charge in [0.15, 0.2) is 0 Å². The average molecular weight is 197 g/mol. The predicted molar refractivity (Wildman–Crippen MR) is 62.6 cm³/mol. The number of quaternary nitrogens is 1. The highest BCUT2D eigenvalue weighted by atomic mass is 15.4. The third kappa shape index (κ3) is 2.81. The van der Waals surface area contributed by atoms with Gasteiger partial charge in [-0.25, -0.2) is 4.99 Å². The number of likely N-dealkylation sites (N-methyl/N-ethyl adjacent to an activating group) is 1. The molecule has 1 heterocycles. The molecule has 0 saturated carbocycles. The van der Waals surface area contributed by atoms with Crippen LogP contribution in [0.3, 0.4) is 0 Å². The van der Waals surface area contributed by atoms with Gasteiger partial charge in [0.1, 0.15) is 6.54 Å². The van der Waals surface area contributed by atoms with Gasteiger partial charge in [-0.05, 0) is 6.42 Å². The van der Waals surface area contributed by atoms with Crippen molar-refractivity contribution >= 4 is 5.84 Å². The molecule has 1 aliphatic heterocycles. The van der Waals surface area contributed by atoms with Crippen molar-refractivity contribution in [3.63, 3.8) is 0 Å². The summed E-state index contributed by atoms with van der Waals surface area (Å²) >= 11 is 0. The molecule has 14 heavy (non-hydrogen) atoms. The Morgan fingerprint density at radius 1 is 1.36 bits per heavy atom. The van der Waals surface area contributed by atoms with Gasteiger partial charge in [0, 0.05) is 5.92 Å². The molecule has 0 aromatic carbocycles. The van der Waals surface area contributed by atoms with E-state index in [1.807, 2.05) is 0 Å². The lowest BCUT2D eigenvalue weighted by molar-refractivity contribution is -0.794. The minimum Gasteiger partial charge on any atom is -0.282 e. The number of nitrogens with zero attached hydrogens (tertiary/aromatic N) is 2. The summed E-state index contributed by atoms with van der Waals surface area (Å²) in [4.78, 5) is 4.66. The van der Waals surface area contributed by atoms with E-state index >= 15 is 0 Å². The van der Waals surface area contributed by atoms with Gasteiger partial charge in [0.25, 0.3) is 0 Å². The Kier molecular flexibility index (Phi) is 4.11. The molecule has 82 valence electrons. The fourth-order valence-electron chi connectivity index (χ4n) is 2.30. The molecule has 0 amide bonds. The molecule has 0 saturated heterocycles. The Hall–Kier alpha value is -0.370. The largest absolute Gasteiger partial charge is 0.282 e. The van der Waals surface area contributed by atoms with Crippen LogP contribution in [0.4, 0.5) is 0 Å². The Bertz CT molecular complexity index is 206. The van der Waals surface area contributed by atoms with Crippen LogP contribution in [-0.2, 0) is 0 Å². The molecule has 1 unspecified atom stereocenters. The topological polar surface area (TPSA) is 12.4 Å². The summed E-state index contributed by atoms with van der Waals surface area (Å²) in [6.45, 7) is 6.81. The first-order valence-corrected chi connectivity index (χ1v) is 5.96. The summed E-state index contributed by atoms with van der Waals surface area (Å²) in [6, 6.07) is 0. The molecule has 0 aromatic heterocycles. The molecule has 2 nitrogen and oxygen atoms in total. The van der Waals surface area contributed by atoms with E-state index in [0.29, 0.717) is 5.92 Å². The van der Waals surface area contributed by atoms with Crippen molar-refractivity contribution in [1.29, 1.82) is 0 Å². The second kappa shape index (κ2) is 4.92. The molecule has 0 aliphatic carbocycles. The van der Waals surface area contributed by atoms with Crippen molar-refractivity contribution in [2.75, 3.05) is 27.2 Å². The van der Waals surface area contributed by atoms with E-state index < -0.39 is 0 Å². The standard InChI is InChI=1S/C12H25N2/c1-5-6-7-8-11(2)12-13-9-10-14(12,3)4/h11H,5-10H2,1-4H3/q+1. The van der Waals surface area contributed by atoms with Gasteiger partial charge >= 0.3 is 0 Å². The maximum atomic E-state index is 4.66. The molecule has 0 N–H and O–H groups in total. The Balaban J connectivity index is 2.40. The number of amidine groups is 1. The summed E-state index contributed by atoms with van der Waals surface area (Å²) in [5, 5.41) is 0. The van der Waals surface area contributed by atoms with Gasteiger partial charge in [-0.2, -0.15) is 0 Å². The summed E-state index contributed by atoms with van der Waals surface area (Å²) < 4.78 is 1.02. The van der Waals surface area contributed by atoms with Crippen molar-refractivity contribution in [3.05, 3.63) is 0 Å². The van der Waals surface area contributed by atoms with E-state index in [2.05, 4.69) is 32.9 Å². The van der Waals surface area contributed by atoms with Crippen LogP contribution in [-0.4, -0.2) is 37.5 Å². The third-order valence-corrected chi connectivity index (χ3v) is 3.23. The first-order valence-electron chi connectivity index (χ1n) is 5.96. The second-order valence-corrected chi connectivity index (χ2v) is 5.05. The Morgan fingerprint density at radius 2 is 2.07 bits per heavy atom. The van der Waals surface area contributed by atoms with Crippen LogP contribution in [0.25, 0.3) is 0 Å². The van der Waals surface area contributed by atoms with E-state index in [4.69, 9.17) is 0 Å². The number of unbranched alkanes of at least 4 members (excludes halogenated alkanes) is 2. The zero-order valence-electron chi connectivity index (χ0n) is 10.2. The van der Waals surface area contributed by atoms with Crippen molar-refractivity contribution in [2.45, 2.75) is 39.5 Å². The minimum atomic E-state index is 0.680. The van der Waals surface area contributed by atoms with Crippen molar-refractivity contribution < 1.29 is 4.48 Å². The van der Waals surface area contributed by atoms with Gasteiger partial charge in [0.05, 0.1) is 20.6 Å². The van der Waals surface area contributed by atoms with E-state index in [1.165, 1.54) is 38.1 Å². The first-order chi connectivity index (χ1) is 6.58. The Labute approximate surface area is 88.6 Å². The predicted octanol–water partition coefficient (Wildman–Crippen LogP) is 2.69. The highest BCUT2D eigenvalue weighted by molar-refractivity contribution is 5.78. The Morgan fingerprint density at radius 3 is 2.57 bits per heavy atom. The van der Waals surface area contributed by atoms with Gasteiger partial charge in [0.2, 0.25) is 5.84 Å². The quantitative estimate of drug-likeness (QED) is 0.474. The van der Waals surface area contributed by atoms with Crippen LogP contribution in [0, 0.1) is 5.92 Å². The molecule has 1 rings (SSSR count). The smallest absolute Gasteiger partial charge is 0.200 e. The summed E-state index contributed by atoms with van der Waals surface area (Å²) in [5.41, 5.74) is 0. The molecule has 2 heteroatoms. The van der Waals surface area contributed by atoms with Crippen LogP contribution in [0.15, 0.2) is 4.99 Å². The lowest BCUT2D eigenvalue weighted by Crippen LogP contribution is -2.45. The molecule has 0 fully saturated rings. The van der Waals surface area contributed by atoms with Crippen LogP contribution >= 0.6 is 0 Å². The van der Waals surface area contributed by atoms with Gasteiger partial charge in [-0.15, -0.1) is 0 Å². The van der Waals surface area contributed by atoms with Crippen LogP contribution < -0.4 is 0 Å². The normalized spacial score (nSPS) is 22.1. The van der Waals surface area contributed by atoms with Gasteiger partial charge in [-0.1, -0.05) is 33.1 Å². The maximum absolute atomic E-state index is 4.66. The number of hydrogen-bond donors (Lipinski definition) is 0. The fraction of sp³-hybridized carbons (Fsp3) is 0.917. The van der Waals surface area contributed by atoms with Gasteiger partial charge in [-0.3, -0.25) is 4.48 Å². The number of aliphatic imine (C=N–C) groups is 1. The summed E-state index contributed by atoms with van der Waals surface area (Å²) in [6.07, 6.45) is 5.35. The first kappa shape index (κ1) is 11.7. The van der Waals surface area contributed by atoms with Crippen molar-refractivity contribution in [1.82, 2.24) is 0 Å². The highest BCUT2D eigenvalue weighted by Gasteiger charge is 2.32. The van der Waals surface area contributed by atoms with E-state index in [0.717, 1.165) is 11.0 Å². The molecule has 1 atom stereocenters. The number of hydrogen-bond acceptors (Lipinski definition) is 1. The molecular weight excluding hydrogens is 172 g/mol. The van der Waals surface area contributed by atoms with Crippen molar-refractivity contribution in [3.8, 4) is 0 Å². The van der Waals surface area contributed by atoms with E-state index in [1.54, 1.807) is 0 Å². The average Bonchev–Trinajstić information content (AvgIpc) is 2.45. The molecule has 0 aromatic rings. The maximum Gasteiger partial charge on any atom is 0.200 e. The van der Waals surface area contributed by atoms with Crippen LogP contribution in [0.1, 0.15) is 39.5 Å². The zero-order valence-corrected chi connectivity index (χ0v) is 10.2. The minimum absolute atomic E-state index is 0.680. The number of rotatable bonds is 5. The van der Waals surface area contributed by atoms with Crippen molar-refractivity contribution in [2.24, 2.45) is 10.9 Å². The van der Waals surface area contributed by atoms with Gasteiger partial charge < -0.3 is 0 Å².